The fourth-order valence-corrected chi connectivity index (χ4v) is 1.80. The third-order valence-electron chi connectivity index (χ3n) is 1.91. The van der Waals surface area contributed by atoms with Gasteiger partial charge in [0.1, 0.15) is 0 Å². The van der Waals surface area contributed by atoms with Gasteiger partial charge < -0.3 is 10.3 Å². The van der Waals surface area contributed by atoms with Crippen molar-refractivity contribution in [3.05, 3.63) is 34.9 Å². The Morgan fingerprint density at radius 2 is 2.36 bits per heavy atom. The van der Waals surface area contributed by atoms with Crippen LogP contribution in [0.1, 0.15) is 0 Å². The van der Waals surface area contributed by atoms with Gasteiger partial charge in [0.2, 0.25) is 0 Å². The molecule has 2 heterocycles. The van der Waals surface area contributed by atoms with Crippen LogP contribution in [0, 0.1) is 0 Å². The average Bonchev–Trinajstić information content (AvgIpc) is 2.57. The molecule has 2 rings (SSSR count). The van der Waals surface area contributed by atoms with Crippen LogP contribution in [0.4, 0.5) is 5.13 Å². The molecular weight excluding hydrogens is 198 g/mol. The van der Waals surface area contributed by atoms with Crippen molar-refractivity contribution in [2.45, 2.75) is 0 Å². The van der Waals surface area contributed by atoms with Crippen molar-refractivity contribution >= 4 is 16.5 Å². The van der Waals surface area contributed by atoms with E-state index in [2.05, 4.69) is 4.98 Å². The van der Waals surface area contributed by atoms with E-state index in [0.717, 1.165) is 10.4 Å². The lowest BCUT2D eigenvalue weighted by molar-refractivity contribution is 0.861. The number of rotatable bonds is 1. The molecule has 0 amide bonds. The molecule has 2 N–H and O–H groups in total. The largest absolute Gasteiger partial charge is 0.375 e. The number of nitrogens with zero attached hydrogens (tertiary/aromatic N) is 2. The number of nitrogen functional groups attached to an aromatic ring is 1. The molecule has 0 aromatic carbocycles. The van der Waals surface area contributed by atoms with Gasteiger partial charge in [-0.05, 0) is 6.07 Å². The van der Waals surface area contributed by atoms with Crippen LogP contribution < -0.4 is 11.3 Å². The number of thiazole rings is 1. The van der Waals surface area contributed by atoms with Gasteiger partial charge in [0.15, 0.2) is 5.13 Å². The lowest BCUT2D eigenvalue weighted by Crippen LogP contribution is -2.13. The topological polar surface area (TPSA) is 60.9 Å². The molecule has 0 fully saturated rings. The van der Waals surface area contributed by atoms with Gasteiger partial charge in [-0.1, -0.05) is 11.3 Å². The lowest BCUT2D eigenvalue weighted by atomic mass is 10.2. The molecule has 5 heteroatoms. The molecule has 0 atom stereocenters. The standard InChI is InChI=1S/C9H9N3OS/c1-12-3-2-6(4-8(12)13)7-5-11-9(10)14-7/h2-5H,1H3,(H2,10,11). The zero-order chi connectivity index (χ0) is 10.1. The third kappa shape index (κ3) is 1.54. The van der Waals surface area contributed by atoms with Crippen molar-refractivity contribution < 1.29 is 0 Å². The number of anilines is 1. The SMILES string of the molecule is Cn1ccc(-c2cnc(N)s2)cc1=O. The van der Waals surface area contributed by atoms with Crippen molar-refractivity contribution in [3.8, 4) is 10.4 Å². The van der Waals surface area contributed by atoms with Gasteiger partial charge in [-0.2, -0.15) is 0 Å². The van der Waals surface area contributed by atoms with E-state index in [1.54, 1.807) is 25.5 Å². The summed E-state index contributed by atoms with van der Waals surface area (Å²) < 4.78 is 1.52. The summed E-state index contributed by atoms with van der Waals surface area (Å²) in [5.74, 6) is 0. The van der Waals surface area contributed by atoms with Crippen molar-refractivity contribution in [2.24, 2.45) is 7.05 Å². The van der Waals surface area contributed by atoms with Crippen LogP contribution in [0.3, 0.4) is 0 Å². The monoisotopic (exact) mass is 207 g/mol. The molecule has 72 valence electrons. The van der Waals surface area contributed by atoms with Crippen molar-refractivity contribution in [1.82, 2.24) is 9.55 Å². The zero-order valence-corrected chi connectivity index (χ0v) is 8.41. The molecule has 0 saturated heterocycles. The number of pyridine rings is 1. The van der Waals surface area contributed by atoms with Gasteiger partial charge in [-0.3, -0.25) is 4.79 Å². The van der Waals surface area contributed by atoms with Gasteiger partial charge in [0.25, 0.3) is 5.56 Å². The maximum atomic E-state index is 11.3. The normalized spacial score (nSPS) is 10.4. The molecule has 0 aliphatic carbocycles. The number of nitrogens with two attached hydrogens (primary N) is 1. The minimum absolute atomic E-state index is 0.0329. The predicted octanol–water partition coefficient (Wildman–Crippen LogP) is 1.09. The first-order valence-corrected chi connectivity index (χ1v) is 4.87. The molecule has 0 saturated carbocycles. The molecule has 14 heavy (non-hydrogen) atoms. The van der Waals surface area contributed by atoms with Crippen LogP contribution in [0.25, 0.3) is 10.4 Å². The molecule has 4 nitrogen and oxygen atoms in total. The van der Waals surface area contributed by atoms with Crippen LogP contribution in [-0.2, 0) is 7.05 Å². The highest BCUT2D eigenvalue weighted by Gasteiger charge is 2.02. The Kier molecular flexibility index (Phi) is 2.09. The van der Waals surface area contributed by atoms with Crippen LogP contribution in [-0.4, -0.2) is 9.55 Å². The lowest BCUT2D eigenvalue weighted by Gasteiger charge is -1.98. The highest BCUT2D eigenvalue weighted by molar-refractivity contribution is 7.18. The van der Waals surface area contributed by atoms with Crippen LogP contribution in [0.15, 0.2) is 29.3 Å². The third-order valence-corrected chi connectivity index (χ3v) is 2.79. The number of aryl methyl sites for hydroxylation is 1. The molecule has 0 unspecified atom stereocenters. The Morgan fingerprint density at radius 1 is 1.57 bits per heavy atom. The summed E-state index contributed by atoms with van der Waals surface area (Å²) in [5.41, 5.74) is 6.34. The van der Waals surface area contributed by atoms with Crippen molar-refractivity contribution in [3.63, 3.8) is 0 Å². The van der Waals surface area contributed by atoms with E-state index in [-0.39, 0.29) is 5.56 Å². The summed E-state index contributed by atoms with van der Waals surface area (Å²) in [5, 5.41) is 0.515. The van der Waals surface area contributed by atoms with Gasteiger partial charge >= 0.3 is 0 Å². The Balaban J connectivity index is 2.53. The summed E-state index contributed by atoms with van der Waals surface area (Å²) in [7, 11) is 1.72. The molecule has 0 bridgehead atoms. The highest BCUT2D eigenvalue weighted by Crippen LogP contribution is 2.25. The van der Waals surface area contributed by atoms with Gasteiger partial charge in [0, 0.05) is 31.1 Å². The van der Waals surface area contributed by atoms with Crippen LogP contribution >= 0.6 is 11.3 Å². The van der Waals surface area contributed by atoms with E-state index in [4.69, 9.17) is 5.73 Å². The molecule has 0 spiro atoms. The van der Waals surface area contributed by atoms with Crippen molar-refractivity contribution in [2.75, 3.05) is 5.73 Å². The van der Waals surface area contributed by atoms with E-state index in [1.165, 1.54) is 15.9 Å². The average molecular weight is 207 g/mol. The van der Waals surface area contributed by atoms with E-state index in [0.29, 0.717) is 5.13 Å². The van der Waals surface area contributed by atoms with E-state index in [9.17, 15) is 4.79 Å². The second kappa shape index (κ2) is 3.26. The number of hydrogen-bond acceptors (Lipinski definition) is 4. The Morgan fingerprint density at radius 3 is 2.93 bits per heavy atom. The minimum atomic E-state index is -0.0329. The first-order chi connectivity index (χ1) is 6.66. The number of aromatic nitrogens is 2. The molecular formula is C9H9N3OS. The molecule has 0 aliphatic rings. The highest BCUT2D eigenvalue weighted by atomic mass is 32.1. The minimum Gasteiger partial charge on any atom is -0.375 e. The Labute approximate surface area is 84.6 Å². The van der Waals surface area contributed by atoms with Crippen LogP contribution in [0.5, 0.6) is 0 Å². The van der Waals surface area contributed by atoms with E-state index in [1.807, 2.05) is 6.07 Å². The van der Waals surface area contributed by atoms with Gasteiger partial charge in [-0.15, -0.1) is 0 Å². The summed E-state index contributed by atoms with van der Waals surface area (Å²) >= 11 is 1.37. The summed E-state index contributed by atoms with van der Waals surface area (Å²) in [6.07, 6.45) is 3.41. The van der Waals surface area contributed by atoms with E-state index >= 15 is 0 Å². The fraction of sp³-hybridized carbons (Fsp3) is 0.111. The summed E-state index contributed by atoms with van der Waals surface area (Å²) in [6.45, 7) is 0. The van der Waals surface area contributed by atoms with Gasteiger partial charge in [-0.25, -0.2) is 4.98 Å². The van der Waals surface area contributed by atoms with Crippen molar-refractivity contribution in [1.29, 1.82) is 0 Å². The molecule has 0 radical (unpaired) electrons. The summed E-state index contributed by atoms with van der Waals surface area (Å²) in [6, 6.07) is 3.45. The maximum Gasteiger partial charge on any atom is 0.250 e. The Hall–Kier alpha value is -1.62. The first kappa shape index (κ1) is 8.96. The second-order valence-corrected chi connectivity index (χ2v) is 3.99. The van der Waals surface area contributed by atoms with Crippen LogP contribution in [0.2, 0.25) is 0 Å². The fourth-order valence-electron chi connectivity index (χ4n) is 1.12. The van der Waals surface area contributed by atoms with E-state index < -0.39 is 0 Å². The molecule has 0 aliphatic heterocycles. The Bertz CT molecular complexity index is 515. The first-order valence-electron chi connectivity index (χ1n) is 4.05. The smallest absolute Gasteiger partial charge is 0.250 e. The quantitative estimate of drug-likeness (QED) is 0.761. The second-order valence-electron chi connectivity index (χ2n) is 2.93. The number of hydrogen-bond donors (Lipinski definition) is 1. The summed E-state index contributed by atoms with van der Waals surface area (Å²) in [4.78, 5) is 16.2. The molecule has 2 aromatic heterocycles. The zero-order valence-electron chi connectivity index (χ0n) is 7.60. The maximum absolute atomic E-state index is 11.3. The molecule has 2 aromatic rings. The predicted molar refractivity (Wildman–Crippen MR) is 57.2 cm³/mol. The van der Waals surface area contributed by atoms with Gasteiger partial charge in [0.05, 0.1) is 4.88 Å².